The first-order valence-corrected chi connectivity index (χ1v) is 8.44. The van der Waals surface area contributed by atoms with Gasteiger partial charge >= 0.3 is 0 Å². The number of amides is 1. The zero-order chi connectivity index (χ0) is 15.2. The average molecular weight is 349 g/mol. The number of nitrogens with zero attached hydrogens (tertiary/aromatic N) is 1. The molecule has 0 aliphatic carbocycles. The molecule has 0 aliphatic heterocycles. The predicted octanol–water partition coefficient (Wildman–Crippen LogP) is 4.08. The van der Waals surface area contributed by atoms with Gasteiger partial charge in [-0.1, -0.05) is 41.1 Å². The van der Waals surface area contributed by atoms with Crippen LogP contribution in [0.25, 0.3) is 10.9 Å². The summed E-state index contributed by atoms with van der Waals surface area (Å²) >= 11 is 3.47. The Bertz CT molecular complexity index is 627. The van der Waals surface area contributed by atoms with Crippen molar-refractivity contribution in [2.24, 2.45) is 5.92 Å². The molecule has 0 bridgehead atoms. The topological polar surface area (TPSA) is 42.0 Å². The van der Waals surface area contributed by atoms with Crippen LogP contribution in [0.2, 0.25) is 0 Å². The van der Waals surface area contributed by atoms with E-state index in [1.807, 2.05) is 37.3 Å². The van der Waals surface area contributed by atoms with Gasteiger partial charge in [0.15, 0.2) is 0 Å². The first-order valence-electron chi connectivity index (χ1n) is 7.32. The van der Waals surface area contributed by atoms with Gasteiger partial charge in [0.25, 0.3) is 5.91 Å². The van der Waals surface area contributed by atoms with Crippen LogP contribution in [0.15, 0.2) is 30.3 Å². The van der Waals surface area contributed by atoms with Gasteiger partial charge in [0.1, 0.15) is 0 Å². The van der Waals surface area contributed by atoms with Gasteiger partial charge in [0.05, 0.1) is 11.1 Å². The number of aromatic nitrogens is 1. The van der Waals surface area contributed by atoms with Gasteiger partial charge in [0, 0.05) is 23.0 Å². The van der Waals surface area contributed by atoms with Gasteiger partial charge in [-0.2, -0.15) is 0 Å². The summed E-state index contributed by atoms with van der Waals surface area (Å²) in [5.74, 6) is 0.633. The highest BCUT2D eigenvalue weighted by atomic mass is 79.9. The zero-order valence-electron chi connectivity index (χ0n) is 12.5. The zero-order valence-corrected chi connectivity index (χ0v) is 14.1. The summed E-state index contributed by atoms with van der Waals surface area (Å²) in [6.45, 7) is 4.84. The lowest BCUT2D eigenvalue weighted by atomic mass is 10.1. The number of hydrogen-bond acceptors (Lipinski definition) is 2. The van der Waals surface area contributed by atoms with E-state index in [2.05, 4.69) is 33.2 Å². The normalized spacial score (nSPS) is 12.3. The molecule has 3 nitrogen and oxygen atoms in total. The van der Waals surface area contributed by atoms with Crippen molar-refractivity contribution in [3.8, 4) is 0 Å². The molecule has 1 heterocycles. The second-order valence-electron chi connectivity index (χ2n) is 5.49. The summed E-state index contributed by atoms with van der Waals surface area (Å²) in [5, 5.41) is 4.94. The van der Waals surface area contributed by atoms with E-state index in [1.165, 1.54) is 0 Å². The van der Waals surface area contributed by atoms with E-state index in [9.17, 15) is 4.79 Å². The van der Waals surface area contributed by atoms with Crippen LogP contribution in [0, 0.1) is 12.8 Å². The SMILES string of the molecule is Cc1cc(C(=O)NCCCC(C)CBr)c2ccccc2n1. The molecule has 1 atom stereocenters. The summed E-state index contributed by atoms with van der Waals surface area (Å²) in [6.07, 6.45) is 2.11. The largest absolute Gasteiger partial charge is 0.352 e. The smallest absolute Gasteiger partial charge is 0.252 e. The number of para-hydroxylation sites is 1. The number of carbonyl (C=O) groups is 1. The molecule has 1 aromatic carbocycles. The van der Waals surface area contributed by atoms with Gasteiger partial charge < -0.3 is 5.32 Å². The molecule has 0 saturated heterocycles. The first-order chi connectivity index (χ1) is 10.1. The molecule has 1 aromatic heterocycles. The molecule has 0 aliphatic rings. The molecule has 4 heteroatoms. The van der Waals surface area contributed by atoms with Crippen LogP contribution in [0.5, 0.6) is 0 Å². The van der Waals surface area contributed by atoms with Crippen molar-refractivity contribution >= 4 is 32.7 Å². The fourth-order valence-electron chi connectivity index (χ4n) is 2.32. The van der Waals surface area contributed by atoms with Crippen LogP contribution in [-0.4, -0.2) is 22.8 Å². The maximum absolute atomic E-state index is 12.4. The number of benzene rings is 1. The van der Waals surface area contributed by atoms with E-state index >= 15 is 0 Å². The fraction of sp³-hybridized carbons (Fsp3) is 0.412. The van der Waals surface area contributed by atoms with Crippen LogP contribution >= 0.6 is 15.9 Å². The Hall–Kier alpha value is -1.42. The van der Waals surface area contributed by atoms with E-state index < -0.39 is 0 Å². The second kappa shape index (κ2) is 7.55. The Labute approximate surface area is 134 Å². The van der Waals surface area contributed by atoms with Crippen LogP contribution in [0.1, 0.15) is 35.8 Å². The lowest BCUT2D eigenvalue weighted by Crippen LogP contribution is -2.25. The van der Waals surface area contributed by atoms with Gasteiger partial charge in [-0.05, 0) is 37.8 Å². The minimum atomic E-state index is -0.0109. The lowest BCUT2D eigenvalue weighted by molar-refractivity contribution is 0.0954. The maximum atomic E-state index is 12.4. The van der Waals surface area contributed by atoms with Crippen molar-refractivity contribution in [1.29, 1.82) is 0 Å². The average Bonchev–Trinajstić information content (AvgIpc) is 2.50. The Balaban J connectivity index is 2.06. The van der Waals surface area contributed by atoms with E-state index in [0.29, 0.717) is 18.0 Å². The molecule has 1 N–H and O–H groups in total. The van der Waals surface area contributed by atoms with Crippen molar-refractivity contribution < 1.29 is 4.79 Å². The van der Waals surface area contributed by atoms with Gasteiger partial charge in [-0.25, -0.2) is 0 Å². The van der Waals surface area contributed by atoms with E-state index in [-0.39, 0.29) is 5.91 Å². The standard InChI is InChI=1S/C17H21BrN2O/c1-12(11-18)6-5-9-19-17(21)15-10-13(2)20-16-8-4-3-7-14(15)16/h3-4,7-8,10,12H,5-6,9,11H2,1-2H3,(H,19,21). The fourth-order valence-corrected chi connectivity index (χ4v) is 2.64. The molecular weight excluding hydrogens is 328 g/mol. The number of nitrogens with one attached hydrogen (secondary N) is 1. The minimum absolute atomic E-state index is 0.0109. The molecule has 0 saturated carbocycles. The van der Waals surface area contributed by atoms with Crippen molar-refractivity contribution in [3.63, 3.8) is 0 Å². The quantitative estimate of drug-likeness (QED) is 0.631. The Morgan fingerprint density at radius 3 is 2.90 bits per heavy atom. The van der Waals surface area contributed by atoms with E-state index in [4.69, 9.17) is 0 Å². The molecule has 21 heavy (non-hydrogen) atoms. The summed E-state index contributed by atoms with van der Waals surface area (Å²) in [6, 6.07) is 9.63. The van der Waals surface area contributed by atoms with Crippen molar-refractivity contribution in [2.75, 3.05) is 11.9 Å². The predicted molar refractivity (Wildman–Crippen MR) is 91.0 cm³/mol. The molecule has 0 radical (unpaired) electrons. The Kier molecular flexibility index (Phi) is 5.74. The number of aryl methyl sites for hydroxylation is 1. The summed E-state index contributed by atoms with van der Waals surface area (Å²) in [7, 11) is 0. The van der Waals surface area contributed by atoms with Gasteiger partial charge in [-0.15, -0.1) is 0 Å². The van der Waals surface area contributed by atoms with Crippen molar-refractivity contribution in [2.45, 2.75) is 26.7 Å². The Morgan fingerprint density at radius 1 is 1.38 bits per heavy atom. The highest BCUT2D eigenvalue weighted by Crippen LogP contribution is 2.18. The maximum Gasteiger partial charge on any atom is 0.252 e. The van der Waals surface area contributed by atoms with Gasteiger partial charge in [-0.3, -0.25) is 9.78 Å². The number of pyridine rings is 1. The number of fused-ring (bicyclic) bond motifs is 1. The summed E-state index contributed by atoms with van der Waals surface area (Å²) in [4.78, 5) is 16.8. The third kappa shape index (κ3) is 4.27. The summed E-state index contributed by atoms with van der Waals surface area (Å²) in [5.41, 5.74) is 2.45. The number of carbonyl (C=O) groups excluding carboxylic acids is 1. The highest BCUT2D eigenvalue weighted by Gasteiger charge is 2.11. The number of halogens is 1. The molecule has 0 fully saturated rings. The van der Waals surface area contributed by atoms with E-state index in [0.717, 1.165) is 34.8 Å². The van der Waals surface area contributed by atoms with E-state index in [1.54, 1.807) is 0 Å². The van der Waals surface area contributed by atoms with Crippen LogP contribution < -0.4 is 5.32 Å². The molecule has 1 unspecified atom stereocenters. The van der Waals surface area contributed by atoms with Crippen LogP contribution in [0.4, 0.5) is 0 Å². The molecule has 0 spiro atoms. The summed E-state index contributed by atoms with van der Waals surface area (Å²) < 4.78 is 0. The molecular formula is C17H21BrN2O. The number of rotatable bonds is 6. The molecule has 2 aromatic rings. The lowest BCUT2D eigenvalue weighted by Gasteiger charge is -2.10. The molecule has 1 amide bonds. The molecule has 112 valence electrons. The minimum Gasteiger partial charge on any atom is -0.352 e. The van der Waals surface area contributed by atoms with Gasteiger partial charge in [0.2, 0.25) is 0 Å². The third-order valence-electron chi connectivity index (χ3n) is 3.51. The van der Waals surface area contributed by atoms with Crippen molar-refractivity contribution in [1.82, 2.24) is 10.3 Å². The third-order valence-corrected chi connectivity index (χ3v) is 4.62. The number of hydrogen-bond donors (Lipinski definition) is 1. The highest BCUT2D eigenvalue weighted by molar-refractivity contribution is 9.09. The second-order valence-corrected chi connectivity index (χ2v) is 6.13. The van der Waals surface area contributed by atoms with Crippen LogP contribution in [0.3, 0.4) is 0 Å². The monoisotopic (exact) mass is 348 g/mol. The van der Waals surface area contributed by atoms with Crippen LogP contribution in [-0.2, 0) is 0 Å². The number of alkyl halides is 1. The molecule has 2 rings (SSSR count). The first kappa shape index (κ1) is 16.0. The van der Waals surface area contributed by atoms with Crippen molar-refractivity contribution in [3.05, 3.63) is 41.6 Å². The Morgan fingerprint density at radius 2 is 2.14 bits per heavy atom.